The fourth-order valence-corrected chi connectivity index (χ4v) is 3.34. The SMILES string of the molecule is CC(=O)NCc1cc(-n2c(C)cnc(NCC(C)c3ccccc3)c2=O)c(N)nc1C. The van der Waals surface area contributed by atoms with E-state index in [0.717, 1.165) is 5.56 Å². The van der Waals surface area contributed by atoms with Crippen LogP contribution in [0.4, 0.5) is 11.6 Å². The first-order valence-corrected chi connectivity index (χ1v) is 10.2. The summed E-state index contributed by atoms with van der Waals surface area (Å²) in [7, 11) is 0. The fraction of sp³-hybridized carbons (Fsp3) is 0.304. The highest BCUT2D eigenvalue weighted by molar-refractivity contribution is 5.73. The van der Waals surface area contributed by atoms with Crippen molar-refractivity contribution in [1.82, 2.24) is 19.9 Å². The van der Waals surface area contributed by atoms with Crippen LogP contribution in [0.1, 0.15) is 42.3 Å². The largest absolute Gasteiger partial charge is 0.382 e. The summed E-state index contributed by atoms with van der Waals surface area (Å²) in [6.45, 7) is 8.01. The lowest BCUT2D eigenvalue weighted by molar-refractivity contribution is -0.119. The van der Waals surface area contributed by atoms with Gasteiger partial charge in [0.1, 0.15) is 5.82 Å². The Balaban J connectivity index is 1.93. The van der Waals surface area contributed by atoms with E-state index in [-0.39, 0.29) is 29.0 Å². The molecule has 31 heavy (non-hydrogen) atoms. The molecule has 0 saturated heterocycles. The Morgan fingerprint density at radius 3 is 2.61 bits per heavy atom. The van der Waals surface area contributed by atoms with Crippen LogP contribution in [0.25, 0.3) is 5.69 Å². The second-order valence-electron chi connectivity index (χ2n) is 7.63. The van der Waals surface area contributed by atoms with Crippen molar-refractivity contribution in [3.63, 3.8) is 0 Å². The zero-order valence-corrected chi connectivity index (χ0v) is 18.3. The second kappa shape index (κ2) is 9.42. The number of hydrogen-bond acceptors (Lipinski definition) is 6. The van der Waals surface area contributed by atoms with Gasteiger partial charge in [-0.1, -0.05) is 37.3 Å². The van der Waals surface area contributed by atoms with Crippen molar-refractivity contribution >= 4 is 17.5 Å². The molecule has 0 saturated carbocycles. The van der Waals surface area contributed by atoms with Gasteiger partial charge in [-0.2, -0.15) is 0 Å². The van der Waals surface area contributed by atoms with Crippen molar-refractivity contribution in [3.8, 4) is 5.69 Å². The Kier molecular flexibility index (Phi) is 6.69. The summed E-state index contributed by atoms with van der Waals surface area (Å²) >= 11 is 0. The summed E-state index contributed by atoms with van der Waals surface area (Å²) in [6, 6.07) is 11.9. The number of pyridine rings is 1. The molecule has 1 amide bonds. The number of nitrogens with zero attached hydrogens (tertiary/aromatic N) is 3. The molecule has 2 aromatic heterocycles. The van der Waals surface area contributed by atoms with E-state index >= 15 is 0 Å². The molecule has 3 rings (SSSR count). The topological polar surface area (TPSA) is 115 Å². The maximum atomic E-state index is 13.2. The standard InChI is InChI=1S/C23H28N6O2/c1-14(18-8-6-5-7-9-18)11-26-22-23(31)29(15(2)12-27-22)20-10-19(13-25-17(4)30)16(3)28-21(20)24/h5-10,12,14H,11,13H2,1-4H3,(H2,24,28)(H,25,30)(H,26,27). The summed E-state index contributed by atoms with van der Waals surface area (Å²) in [4.78, 5) is 33.2. The van der Waals surface area contributed by atoms with Crippen molar-refractivity contribution in [2.24, 2.45) is 0 Å². The molecule has 1 unspecified atom stereocenters. The average Bonchev–Trinajstić information content (AvgIpc) is 2.74. The lowest BCUT2D eigenvalue weighted by Crippen LogP contribution is -2.28. The number of aromatic nitrogens is 3. The number of benzene rings is 1. The fourth-order valence-electron chi connectivity index (χ4n) is 3.34. The number of aryl methyl sites for hydroxylation is 2. The van der Waals surface area contributed by atoms with Crippen LogP contribution in [0.5, 0.6) is 0 Å². The number of anilines is 2. The number of hydrogen-bond donors (Lipinski definition) is 3. The highest BCUT2D eigenvalue weighted by atomic mass is 16.1. The van der Waals surface area contributed by atoms with Crippen LogP contribution in [0.15, 0.2) is 47.4 Å². The van der Waals surface area contributed by atoms with Gasteiger partial charge in [-0.25, -0.2) is 9.97 Å². The van der Waals surface area contributed by atoms with Gasteiger partial charge in [0, 0.05) is 37.6 Å². The normalized spacial score (nSPS) is 11.7. The molecule has 0 aliphatic heterocycles. The quantitative estimate of drug-likeness (QED) is 0.541. The number of nitrogens with two attached hydrogens (primary N) is 1. The molecular formula is C23H28N6O2. The Morgan fingerprint density at radius 2 is 1.94 bits per heavy atom. The first-order valence-electron chi connectivity index (χ1n) is 10.2. The number of nitrogens with one attached hydrogen (secondary N) is 2. The minimum absolute atomic E-state index is 0.144. The summed E-state index contributed by atoms with van der Waals surface area (Å²) in [5.74, 6) is 0.544. The van der Waals surface area contributed by atoms with Gasteiger partial charge in [0.25, 0.3) is 5.56 Å². The maximum Gasteiger partial charge on any atom is 0.298 e. The lowest BCUT2D eigenvalue weighted by Gasteiger charge is -2.17. The lowest BCUT2D eigenvalue weighted by atomic mass is 10.0. The van der Waals surface area contributed by atoms with E-state index in [0.29, 0.717) is 30.2 Å². The Morgan fingerprint density at radius 1 is 1.23 bits per heavy atom. The van der Waals surface area contributed by atoms with Crippen molar-refractivity contribution in [2.45, 2.75) is 40.2 Å². The van der Waals surface area contributed by atoms with E-state index in [1.54, 1.807) is 19.2 Å². The van der Waals surface area contributed by atoms with Gasteiger partial charge >= 0.3 is 0 Å². The van der Waals surface area contributed by atoms with Crippen LogP contribution >= 0.6 is 0 Å². The molecule has 1 atom stereocenters. The van der Waals surface area contributed by atoms with E-state index < -0.39 is 0 Å². The smallest absolute Gasteiger partial charge is 0.298 e. The predicted molar refractivity (Wildman–Crippen MR) is 122 cm³/mol. The third-order valence-electron chi connectivity index (χ3n) is 5.18. The molecule has 0 radical (unpaired) electrons. The van der Waals surface area contributed by atoms with Gasteiger partial charge in [0.05, 0.1) is 5.69 Å². The highest BCUT2D eigenvalue weighted by Gasteiger charge is 2.16. The van der Waals surface area contributed by atoms with E-state index in [2.05, 4.69) is 39.7 Å². The molecule has 162 valence electrons. The van der Waals surface area contributed by atoms with Crippen LogP contribution in [-0.4, -0.2) is 27.0 Å². The van der Waals surface area contributed by atoms with Gasteiger partial charge in [-0.3, -0.25) is 14.2 Å². The molecule has 8 heteroatoms. The molecule has 3 aromatic rings. The molecule has 0 aliphatic carbocycles. The van der Waals surface area contributed by atoms with Gasteiger partial charge in [-0.15, -0.1) is 0 Å². The zero-order valence-electron chi connectivity index (χ0n) is 18.3. The third kappa shape index (κ3) is 5.09. The van der Waals surface area contributed by atoms with E-state index in [4.69, 9.17) is 5.73 Å². The average molecular weight is 421 g/mol. The molecule has 2 heterocycles. The first kappa shape index (κ1) is 22.0. The minimum atomic E-state index is -0.303. The summed E-state index contributed by atoms with van der Waals surface area (Å²) in [6.07, 6.45) is 1.63. The van der Waals surface area contributed by atoms with Crippen molar-refractivity contribution in [1.29, 1.82) is 0 Å². The van der Waals surface area contributed by atoms with Crippen molar-refractivity contribution in [2.75, 3.05) is 17.6 Å². The third-order valence-corrected chi connectivity index (χ3v) is 5.18. The monoisotopic (exact) mass is 420 g/mol. The Hall–Kier alpha value is -3.68. The van der Waals surface area contributed by atoms with Crippen molar-refractivity contribution in [3.05, 3.63) is 75.5 Å². The molecular weight excluding hydrogens is 392 g/mol. The number of nitrogen functional groups attached to an aromatic ring is 1. The van der Waals surface area contributed by atoms with Crippen molar-refractivity contribution < 1.29 is 4.79 Å². The van der Waals surface area contributed by atoms with Gasteiger partial charge in [0.15, 0.2) is 5.82 Å². The maximum absolute atomic E-state index is 13.2. The summed E-state index contributed by atoms with van der Waals surface area (Å²) in [5, 5.41) is 5.93. The number of carbonyl (C=O) groups is 1. The number of amides is 1. The van der Waals surface area contributed by atoms with Gasteiger partial charge in [-0.05, 0) is 37.0 Å². The summed E-state index contributed by atoms with van der Waals surface area (Å²) in [5.41, 5.74) is 9.63. The molecule has 0 bridgehead atoms. The van der Waals surface area contributed by atoms with Crippen LogP contribution in [0.2, 0.25) is 0 Å². The highest BCUT2D eigenvalue weighted by Crippen LogP contribution is 2.20. The summed E-state index contributed by atoms with van der Waals surface area (Å²) < 4.78 is 1.50. The minimum Gasteiger partial charge on any atom is -0.382 e. The zero-order chi connectivity index (χ0) is 22.5. The Labute approximate surface area is 181 Å². The number of carbonyl (C=O) groups excluding carboxylic acids is 1. The molecule has 4 N–H and O–H groups in total. The Bertz CT molecular complexity index is 1140. The van der Waals surface area contributed by atoms with E-state index in [9.17, 15) is 9.59 Å². The van der Waals surface area contributed by atoms with Crippen LogP contribution in [0.3, 0.4) is 0 Å². The van der Waals surface area contributed by atoms with E-state index in [1.807, 2.05) is 25.1 Å². The first-order chi connectivity index (χ1) is 14.8. The van der Waals surface area contributed by atoms with E-state index in [1.165, 1.54) is 17.1 Å². The van der Waals surface area contributed by atoms with Crippen LogP contribution in [0, 0.1) is 13.8 Å². The van der Waals surface area contributed by atoms with Gasteiger partial charge in [0.2, 0.25) is 5.91 Å². The predicted octanol–water partition coefficient (Wildman–Crippen LogP) is 2.68. The molecule has 1 aromatic carbocycles. The molecule has 0 aliphatic rings. The molecule has 0 fully saturated rings. The van der Waals surface area contributed by atoms with Crippen LogP contribution in [-0.2, 0) is 11.3 Å². The number of rotatable bonds is 7. The van der Waals surface area contributed by atoms with Gasteiger partial charge < -0.3 is 16.4 Å². The second-order valence-corrected chi connectivity index (χ2v) is 7.63. The molecule has 8 nitrogen and oxygen atoms in total. The molecule has 0 spiro atoms. The van der Waals surface area contributed by atoms with Crippen LogP contribution < -0.4 is 21.9 Å².